The van der Waals surface area contributed by atoms with Crippen molar-refractivity contribution < 1.29 is 17.9 Å². The highest BCUT2D eigenvalue weighted by atomic mass is 32.2. The van der Waals surface area contributed by atoms with E-state index in [1.54, 1.807) is 18.4 Å². The highest BCUT2D eigenvalue weighted by molar-refractivity contribution is 7.93. The molecule has 2 aliphatic heterocycles. The zero-order valence-electron chi connectivity index (χ0n) is 9.79. The van der Waals surface area contributed by atoms with E-state index in [2.05, 4.69) is 11.8 Å². The molecule has 0 saturated heterocycles. The van der Waals surface area contributed by atoms with Crippen molar-refractivity contribution in [3.8, 4) is 11.8 Å². The topological polar surface area (TPSA) is 52.6 Å². The summed E-state index contributed by atoms with van der Waals surface area (Å²) in [6.07, 6.45) is 11.7. The van der Waals surface area contributed by atoms with Gasteiger partial charge in [-0.25, -0.2) is 8.42 Å². The molecule has 94 valence electrons. The van der Waals surface area contributed by atoms with Crippen LogP contribution in [-0.2, 0) is 19.3 Å². The molecule has 0 aromatic heterocycles. The van der Waals surface area contributed by atoms with Crippen LogP contribution in [0.4, 0.5) is 0 Å². The van der Waals surface area contributed by atoms with Gasteiger partial charge >= 0.3 is 0 Å². The average molecular weight is 264 g/mol. The van der Waals surface area contributed by atoms with Gasteiger partial charge in [-0.3, -0.25) is 0 Å². The first-order valence-corrected chi connectivity index (χ1v) is 7.24. The van der Waals surface area contributed by atoms with E-state index in [1.165, 1.54) is 6.08 Å². The molecule has 0 aromatic carbocycles. The van der Waals surface area contributed by atoms with Gasteiger partial charge in [0.05, 0.1) is 12.7 Å². The maximum absolute atomic E-state index is 10.8. The Morgan fingerprint density at radius 2 is 2.28 bits per heavy atom. The van der Waals surface area contributed by atoms with Crippen molar-refractivity contribution in [2.45, 2.75) is 12.2 Å². The van der Waals surface area contributed by atoms with Gasteiger partial charge in [0.1, 0.15) is 5.76 Å². The Morgan fingerprint density at radius 1 is 1.44 bits per heavy atom. The fraction of sp³-hybridized carbons (Fsp3) is 0.231. The molecule has 0 saturated carbocycles. The third-order valence-electron chi connectivity index (χ3n) is 2.25. The molecule has 0 aliphatic carbocycles. The largest absolute Gasteiger partial charge is 0.457 e. The summed E-state index contributed by atoms with van der Waals surface area (Å²) in [6.45, 7) is 0. The SMILES string of the molecule is CS(=O)(=O)/C=C\C#CC=C1C=CC2(CC=CO2)O1. The minimum absolute atomic E-state index is 0.596. The molecular weight excluding hydrogens is 252 g/mol. The summed E-state index contributed by atoms with van der Waals surface area (Å²) in [5.41, 5.74) is 0. The van der Waals surface area contributed by atoms with Crippen LogP contribution in [0.25, 0.3) is 0 Å². The van der Waals surface area contributed by atoms with Gasteiger partial charge in [-0.2, -0.15) is 0 Å². The number of ether oxygens (including phenoxy) is 2. The zero-order valence-corrected chi connectivity index (χ0v) is 10.6. The van der Waals surface area contributed by atoms with Gasteiger partial charge in [0.25, 0.3) is 5.79 Å². The minimum Gasteiger partial charge on any atom is -0.457 e. The molecule has 2 aliphatic rings. The van der Waals surface area contributed by atoms with Crippen LogP contribution < -0.4 is 0 Å². The van der Waals surface area contributed by atoms with E-state index in [0.717, 1.165) is 11.7 Å². The van der Waals surface area contributed by atoms with Crippen LogP contribution >= 0.6 is 0 Å². The molecule has 1 spiro atoms. The molecular formula is C13H12O4S. The minimum atomic E-state index is -3.12. The maximum atomic E-state index is 10.8. The van der Waals surface area contributed by atoms with Crippen LogP contribution in [0.2, 0.25) is 0 Å². The fourth-order valence-electron chi connectivity index (χ4n) is 1.47. The molecule has 18 heavy (non-hydrogen) atoms. The number of allylic oxidation sites excluding steroid dienone is 3. The molecule has 0 bridgehead atoms. The Kier molecular flexibility index (Phi) is 3.30. The number of hydrogen-bond donors (Lipinski definition) is 0. The van der Waals surface area contributed by atoms with Crippen molar-refractivity contribution >= 4 is 9.84 Å². The lowest BCUT2D eigenvalue weighted by molar-refractivity contribution is -0.115. The van der Waals surface area contributed by atoms with E-state index in [9.17, 15) is 8.42 Å². The number of hydrogen-bond acceptors (Lipinski definition) is 4. The van der Waals surface area contributed by atoms with Crippen molar-refractivity contribution in [3.63, 3.8) is 0 Å². The average Bonchev–Trinajstić information content (AvgIpc) is 2.88. The molecule has 1 atom stereocenters. The molecule has 0 radical (unpaired) electrons. The molecule has 1 unspecified atom stereocenters. The third kappa shape index (κ3) is 3.28. The Morgan fingerprint density at radius 3 is 2.94 bits per heavy atom. The Bertz CT molecular complexity index is 601. The van der Waals surface area contributed by atoms with Gasteiger partial charge in [0.2, 0.25) is 0 Å². The van der Waals surface area contributed by atoms with Crippen molar-refractivity contribution in [1.29, 1.82) is 0 Å². The summed E-state index contributed by atoms with van der Waals surface area (Å²) in [4.78, 5) is 0. The molecule has 2 heterocycles. The molecule has 5 heteroatoms. The van der Waals surface area contributed by atoms with Gasteiger partial charge in [0.15, 0.2) is 9.84 Å². The van der Waals surface area contributed by atoms with Crippen molar-refractivity contribution in [2.24, 2.45) is 0 Å². The van der Waals surface area contributed by atoms with E-state index in [-0.39, 0.29) is 0 Å². The zero-order chi connectivity index (χ0) is 13.1. The first-order valence-electron chi connectivity index (χ1n) is 5.28. The van der Waals surface area contributed by atoms with Crippen LogP contribution in [0.1, 0.15) is 6.42 Å². The molecule has 0 amide bonds. The van der Waals surface area contributed by atoms with Crippen LogP contribution in [0.15, 0.2) is 47.8 Å². The van der Waals surface area contributed by atoms with Gasteiger partial charge in [0, 0.05) is 23.8 Å². The second-order valence-electron chi connectivity index (χ2n) is 3.91. The quantitative estimate of drug-likeness (QED) is 0.676. The van der Waals surface area contributed by atoms with Crippen LogP contribution in [0, 0.1) is 11.8 Å². The predicted molar refractivity (Wildman–Crippen MR) is 67.6 cm³/mol. The van der Waals surface area contributed by atoms with E-state index < -0.39 is 15.6 Å². The lowest BCUT2D eigenvalue weighted by atomic mass is 10.2. The molecule has 0 aromatic rings. The third-order valence-corrected chi connectivity index (χ3v) is 2.89. The predicted octanol–water partition coefficient (Wildman–Crippen LogP) is 1.65. The Labute approximate surface area is 106 Å². The van der Waals surface area contributed by atoms with Crippen LogP contribution in [0.5, 0.6) is 0 Å². The van der Waals surface area contributed by atoms with E-state index in [4.69, 9.17) is 9.47 Å². The standard InChI is InChI=1S/C13H12O4S/c1-18(14,15)11-4-2-3-6-12-7-9-13(17-12)8-5-10-16-13/h4-7,9-11H,8H2,1H3/b11-4-,12-6?. The van der Waals surface area contributed by atoms with Crippen LogP contribution in [-0.4, -0.2) is 20.5 Å². The highest BCUT2D eigenvalue weighted by Gasteiger charge is 2.36. The van der Waals surface area contributed by atoms with Gasteiger partial charge in [-0.05, 0) is 18.2 Å². The second-order valence-corrected chi connectivity index (χ2v) is 5.84. The smallest absolute Gasteiger partial charge is 0.274 e. The van der Waals surface area contributed by atoms with Crippen molar-refractivity contribution in [2.75, 3.05) is 6.26 Å². The Hall–Kier alpha value is -1.93. The first kappa shape index (κ1) is 12.5. The van der Waals surface area contributed by atoms with E-state index in [1.807, 2.05) is 12.2 Å². The Balaban J connectivity index is 1.95. The van der Waals surface area contributed by atoms with E-state index in [0.29, 0.717) is 12.2 Å². The lowest BCUT2D eigenvalue weighted by Crippen LogP contribution is -2.24. The highest BCUT2D eigenvalue weighted by Crippen LogP contribution is 2.34. The summed E-state index contributed by atoms with van der Waals surface area (Å²) in [5.74, 6) is 5.18. The fourth-order valence-corrected chi connectivity index (χ4v) is 1.78. The summed E-state index contributed by atoms with van der Waals surface area (Å²) in [7, 11) is -3.12. The lowest BCUT2D eigenvalue weighted by Gasteiger charge is -2.20. The van der Waals surface area contributed by atoms with Crippen molar-refractivity contribution in [3.05, 3.63) is 47.8 Å². The molecule has 0 fully saturated rings. The van der Waals surface area contributed by atoms with Crippen LogP contribution in [0.3, 0.4) is 0 Å². The van der Waals surface area contributed by atoms with Gasteiger partial charge in [-0.15, -0.1) is 0 Å². The molecule has 0 N–H and O–H groups in total. The van der Waals surface area contributed by atoms with E-state index >= 15 is 0 Å². The summed E-state index contributed by atoms with van der Waals surface area (Å²) in [6, 6.07) is 0. The normalized spacial score (nSPS) is 27.5. The summed E-state index contributed by atoms with van der Waals surface area (Å²) >= 11 is 0. The number of sulfone groups is 1. The number of rotatable bonds is 1. The molecule has 4 nitrogen and oxygen atoms in total. The second kappa shape index (κ2) is 4.75. The van der Waals surface area contributed by atoms with Gasteiger partial charge in [-0.1, -0.05) is 11.8 Å². The molecule has 2 rings (SSSR count). The summed E-state index contributed by atoms with van der Waals surface area (Å²) < 4.78 is 32.5. The van der Waals surface area contributed by atoms with Gasteiger partial charge < -0.3 is 9.47 Å². The summed E-state index contributed by atoms with van der Waals surface area (Å²) in [5, 5.41) is 1.05. The monoisotopic (exact) mass is 264 g/mol. The maximum Gasteiger partial charge on any atom is 0.274 e. The van der Waals surface area contributed by atoms with Crippen molar-refractivity contribution in [1.82, 2.24) is 0 Å². The first-order chi connectivity index (χ1) is 8.49.